The number of nitrogens with one attached hydrogen (secondary N) is 1. The number of benzene rings is 2. The summed E-state index contributed by atoms with van der Waals surface area (Å²) in [6, 6.07) is 9.69. The zero-order chi connectivity index (χ0) is 22.5. The van der Waals surface area contributed by atoms with Gasteiger partial charge in [-0.2, -0.15) is 0 Å². The van der Waals surface area contributed by atoms with Crippen LogP contribution in [0.4, 0.5) is 5.69 Å². The van der Waals surface area contributed by atoms with E-state index in [4.69, 9.17) is 14.2 Å². The van der Waals surface area contributed by atoms with Crippen LogP contribution in [0.5, 0.6) is 17.2 Å². The first kappa shape index (κ1) is 22.1. The highest BCUT2D eigenvalue weighted by Crippen LogP contribution is 2.34. The van der Waals surface area contributed by atoms with E-state index in [9.17, 15) is 14.4 Å². The van der Waals surface area contributed by atoms with E-state index in [1.54, 1.807) is 39.3 Å². The lowest BCUT2D eigenvalue weighted by molar-refractivity contribution is -0.127. The summed E-state index contributed by atoms with van der Waals surface area (Å²) in [7, 11) is 3.14. The number of carbonyl (C=O) groups excluding carboxylic acids is 3. The molecule has 0 aliphatic carbocycles. The molecule has 2 aromatic rings. The van der Waals surface area contributed by atoms with Crippen molar-refractivity contribution < 1.29 is 28.6 Å². The van der Waals surface area contributed by atoms with E-state index in [-0.39, 0.29) is 24.2 Å². The molecule has 0 radical (unpaired) electrons. The summed E-state index contributed by atoms with van der Waals surface area (Å²) in [4.78, 5) is 38.4. The zero-order valence-corrected chi connectivity index (χ0v) is 18.1. The molecule has 0 saturated heterocycles. The Labute approximate surface area is 181 Å². The molecule has 3 rings (SSSR count). The van der Waals surface area contributed by atoms with Gasteiger partial charge in [0, 0.05) is 12.1 Å². The van der Waals surface area contributed by atoms with E-state index in [1.807, 2.05) is 18.2 Å². The molecule has 8 nitrogen and oxygen atoms in total. The van der Waals surface area contributed by atoms with Gasteiger partial charge in [-0.05, 0) is 56.2 Å². The van der Waals surface area contributed by atoms with E-state index < -0.39 is 6.04 Å². The molecule has 0 spiro atoms. The van der Waals surface area contributed by atoms with Crippen LogP contribution >= 0.6 is 0 Å². The average molecular weight is 426 g/mol. The molecule has 1 N–H and O–H groups in total. The van der Waals surface area contributed by atoms with Crippen LogP contribution in [0.2, 0.25) is 0 Å². The van der Waals surface area contributed by atoms with Gasteiger partial charge in [-0.25, -0.2) is 0 Å². The Morgan fingerprint density at radius 3 is 2.55 bits per heavy atom. The molecular weight excluding hydrogens is 400 g/mol. The van der Waals surface area contributed by atoms with Crippen LogP contribution in [0.15, 0.2) is 36.4 Å². The van der Waals surface area contributed by atoms with E-state index in [1.165, 1.54) is 11.8 Å². The van der Waals surface area contributed by atoms with Crippen LogP contribution in [-0.4, -0.2) is 51.0 Å². The second-order valence-corrected chi connectivity index (χ2v) is 7.20. The number of ketones is 1. The lowest BCUT2D eigenvalue weighted by Crippen LogP contribution is -2.51. The maximum Gasteiger partial charge on any atom is 0.265 e. The molecule has 8 heteroatoms. The van der Waals surface area contributed by atoms with Crippen molar-refractivity contribution in [3.8, 4) is 17.2 Å². The smallest absolute Gasteiger partial charge is 0.265 e. The maximum absolute atomic E-state index is 12.8. The first-order valence-corrected chi connectivity index (χ1v) is 9.94. The average Bonchev–Trinajstić information content (AvgIpc) is 2.77. The number of anilines is 1. The topological polar surface area (TPSA) is 94.2 Å². The minimum Gasteiger partial charge on any atom is -0.493 e. The lowest BCUT2D eigenvalue weighted by Gasteiger charge is -2.33. The molecule has 0 aromatic heterocycles. The standard InChI is InChI=1S/C23H26N2O6/c1-14(23(28)24-10-9-16-5-7-20(29-3)21(11-16)30-4)25-18-12-17(15(2)26)6-8-19(18)31-13-22(25)27/h5-8,11-12,14H,9-10,13H2,1-4H3,(H,24,28). The predicted octanol–water partition coefficient (Wildman–Crippen LogP) is 2.38. The molecule has 1 heterocycles. The Morgan fingerprint density at radius 1 is 1.13 bits per heavy atom. The molecule has 1 atom stereocenters. The Morgan fingerprint density at radius 2 is 1.87 bits per heavy atom. The van der Waals surface area contributed by atoms with Gasteiger partial charge >= 0.3 is 0 Å². The summed E-state index contributed by atoms with van der Waals surface area (Å²) in [5.74, 6) is 0.961. The van der Waals surface area contributed by atoms with Crippen molar-refractivity contribution >= 4 is 23.3 Å². The number of hydrogen-bond donors (Lipinski definition) is 1. The monoisotopic (exact) mass is 426 g/mol. The number of Topliss-reactive ketones (excluding diaryl/α,β-unsaturated/α-hetero) is 1. The lowest BCUT2D eigenvalue weighted by atomic mass is 10.1. The second-order valence-electron chi connectivity index (χ2n) is 7.20. The fraction of sp³-hybridized carbons (Fsp3) is 0.348. The van der Waals surface area contributed by atoms with Crippen molar-refractivity contribution in [3.63, 3.8) is 0 Å². The molecule has 1 unspecified atom stereocenters. The van der Waals surface area contributed by atoms with Crippen molar-refractivity contribution in [2.24, 2.45) is 0 Å². The number of rotatable bonds is 8. The van der Waals surface area contributed by atoms with Crippen LogP contribution in [0, 0.1) is 0 Å². The Hall–Kier alpha value is -3.55. The highest BCUT2D eigenvalue weighted by Gasteiger charge is 2.33. The number of carbonyl (C=O) groups is 3. The summed E-state index contributed by atoms with van der Waals surface area (Å²) in [5.41, 5.74) is 1.85. The van der Waals surface area contributed by atoms with Gasteiger partial charge in [-0.3, -0.25) is 19.3 Å². The highest BCUT2D eigenvalue weighted by molar-refractivity contribution is 6.05. The van der Waals surface area contributed by atoms with Gasteiger partial charge in [-0.15, -0.1) is 0 Å². The molecule has 2 amide bonds. The highest BCUT2D eigenvalue weighted by atomic mass is 16.5. The third kappa shape index (κ3) is 4.79. The largest absolute Gasteiger partial charge is 0.493 e. The molecule has 31 heavy (non-hydrogen) atoms. The van der Waals surface area contributed by atoms with Gasteiger partial charge in [0.05, 0.1) is 19.9 Å². The summed E-state index contributed by atoms with van der Waals surface area (Å²) in [6.45, 7) is 3.33. The molecule has 164 valence electrons. The fourth-order valence-electron chi connectivity index (χ4n) is 3.45. The van der Waals surface area contributed by atoms with Gasteiger partial charge in [0.15, 0.2) is 23.9 Å². The van der Waals surface area contributed by atoms with Gasteiger partial charge in [-0.1, -0.05) is 6.07 Å². The number of nitrogens with zero attached hydrogens (tertiary/aromatic N) is 1. The van der Waals surface area contributed by atoms with Crippen molar-refractivity contribution in [3.05, 3.63) is 47.5 Å². The van der Waals surface area contributed by atoms with E-state index in [0.29, 0.717) is 41.5 Å². The predicted molar refractivity (Wildman–Crippen MR) is 115 cm³/mol. The Kier molecular flexibility index (Phi) is 6.79. The van der Waals surface area contributed by atoms with E-state index in [2.05, 4.69) is 5.32 Å². The molecule has 0 fully saturated rings. The summed E-state index contributed by atoms with van der Waals surface area (Å²) >= 11 is 0. The first-order chi connectivity index (χ1) is 14.8. The van der Waals surface area contributed by atoms with Crippen molar-refractivity contribution in [2.45, 2.75) is 26.3 Å². The Bertz CT molecular complexity index is 1000. The van der Waals surface area contributed by atoms with Crippen molar-refractivity contribution in [1.29, 1.82) is 0 Å². The zero-order valence-electron chi connectivity index (χ0n) is 18.1. The third-order valence-corrected chi connectivity index (χ3v) is 5.17. The molecule has 0 saturated carbocycles. The first-order valence-electron chi connectivity index (χ1n) is 9.94. The third-order valence-electron chi connectivity index (χ3n) is 5.17. The van der Waals surface area contributed by atoms with E-state index in [0.717, 1.165) is 5.56 Å². The van der Waals surface area contributed by atoms with Crippen LogP contribution in [0.25, 0.3) is 0 Å². The fourth-order valence-corrected chi connectivity index (χ4v) is 3.45. The second kappa shape index (κ2) is 9.51. The molecule has 0 bridgehead atoms. The van der Waals surface area contributed by atoms with Gasteiger partial charge in [0.1, 0.15) is 11.8 Å². The number of methoxy groups -OCH3 is 2. The summed E-state index contributed by atoms with van der Waals surface area (Å²) in [6.07, 6.45) is 0.584. The minimum atomic E-state index is -0.761. The van der Waals surface area contributed by atoms with Gasteiger partial charge in [0.25, 0.3) is 5.91 Å². The number of amides is 2. The normalized spacial score (nSPS) is 13.7. The van der Waals surface area contributed by atoms with Crippen molar-refractivity contribution in [1.82, 2.24) is 5.32 Å². The molecule has 2 aromatic carbocycles. The SMILES string of the molecule is COc1ccc(CCNC(=O)C(C)N2C(=O)COc3ccc(C(C)=O)cc32)cc1OC. The van der Waals surface area contributed by atoms with Crippen LogP contribution in [0.1, 0.15) is 29.8 Å². The van der Waals surface area contributed by atoms with Crippen LogP contribution in [-0.2, 0) is 16.0 Å². The summed E-state index contributed by atoms with van der Waals surface area (Å²) < 4.78 is 16.0. The van der Waals surface area contributed by atoms with Crippen LogP contribution in [0.3, 0.4) is 0 Å². The minimum absolute atomic E-state index is 0.132. The molecule has 1 aliphatic heterocycles. The Balaban J connectivity index is 1.68. The maximum atomic E-state index is 12.8. The van der Waals surface area contributed by atoms with Crippen LogP contribution < -0.4 is 24.4 Å². The van der Waals surface area contributed by atoms with Crippen molar-refractivity contribution in [2.75, 3.05) is 32.3 Å². The molecule has 1 aliphatic rings. The molecular formula is C23H26N2O6. The van der Waals surface area contributed by atoms with Gasteiger partial charge in [0.2, 0.25) is 5.91 Å². The van der Waals surface area contributed by atoms with Gasteiger partial charge < -0.3 is 19.5 Å². The summed E-state index contributed by atoms with van der Waals surface area (Å²) in [5, 5.41) is 2.87. The quantitative estimate of drug-likeness (QED) is 0.652. The number of ether oxygens (including phenoxy) is 3. The van der Waals surface area contributed by atoms with E-state index >= 15 is 0 Å². The number of fused-ring (bicyclic) bond motifs is 1. The number of hydrogen-bond acceptors (Lipinski definition) is 6.